The molecule has 2 atom stereocenters. The fraction of sp³-hybridized carbons (Fsp3) is 0.500. The van der Waals surface area contributed by atoms with Crippen LogP contribution in [0.4, 0.5) is 0 Å². The molecule has 1 aliphatic rings. The van der Waals surface area contributed by atoms with Crippen molar-refractivity contribution >= 4 is 0 Å². The van der Waals surface area contributed by atoms with Gasteiger partial charge in [0.05, 0.1) is 19.3 Å². The van der Waals surface area contributed by atoms with E-state index in [-0.39, 0.29) is 6.10 Å². The Labute approximate surface area is 107 Å². The minimum absolute atomic E-state index is 0.325. The molecule has 0 aliphatic carbocycles. The van der Waals surface area contributed by atoms with E-state index in [2.05, 4.69) is 6.07 Å². The molecular weight excluding hydrogens is 230 g/mol. The molecule has 1 saturated heterocycles. The molecule has 1 heterocycles. The zero-order valence-corrected chi connectivity index (χ0v) is 10.6. The minimum Gasteiger partial charge on any atom is -0.374 e. The van der Waals surface area contributed by atoms with Gasteiger partial charge < -0.3 is 14.2 Å². The van der Waals surface area contributed by atoms with E-state index in [4.69, 9.17) is 19.5 Å². The lowest BCUT2D eigenvalue weighted by molar-refractivity contribution is -0.148. The van der Waals surface area contributed by atoms with Gasteiger partial charge in [-0.3, -0.25) is 0 Å². The number of nitriles is 1. The predicted octanol–water partition coefficient (Wildman–Crippen LogP) is 2.25. The molecule has 0 bridgehead atoms. The van der Waals surface area contributed by atoms with Crippen molar-refractivity contribution in [2.24, 2.45) is 0 Å². The Bertz CT molecular complexity index is 424. The van der Waals surface area contributed by atoms with Crippen LogP contribution in [0.2, 0.25) is 0 Å². The highest BCUT2D eigenvalue weighted by Crippen LogP contribution is 2.27. The van der Waals surface area contributed by atoms with Gasteiger partial charge in [-0.1, -0.05) is 30.3 Å². The second kappa shape index (κ2) is 5.49. The maximum Gasteiger partial charge on any atom is 0.175 e. The van der Waals surface area contributed by atoms with E-state index in [1.165, 1.54) is 0 Å². The molecule has 0 saturated carbocycles. The molecular formula is C14H17NO3. The molecule has 4 nitrogen and oxygen atoms in total. The monoisotopic (exact) mass is 247 g/mol. The first-order valence-corrected chi connectivity index (χ1v) is 5.98. The van der Waals surface area contributed by atoms with Crippen molar-refractivity contribution in [1.82, 2.24) is 0 Å². The van der Waals surface area contributed by atoms with Gasteiger partial charge in [-0.25, -0.2) is 0 Å². The Balaban J connectivity index is 1.82. The lowest BCUT2D eigenvalue weighted by Gasteiger charge is -2.16. The van der Waals surface area contributed by atoms with Gasteiger partial charge in [0.25, 0.3) is 0 Å². The Morgan fingerprint density at radius 3 is 2.67 bits per heavy atom. The van der Waals surface area contributed by atoms with Gasteiger partial charge in [0.15, 0.2) is 11.9 Å². The van der Waals surface area contributed by atoms with Crippen LogP contribution in [0.3, 0.4) is 0 Å². The quantitative estimate of drug-likeness (QED) is 0.818. The van der Waals surface area contributed by atoms with E-state index in [9.17, 15) is 0 Å². The first kappa shape index (κ1) is 13.0. The summed E-state index contributed by atoms with van der Waals surface area (Å²) in [5.74, 6) is -0.707. The smallest absolute Gasteiger partial charge is 0.175 e. The van der Waals surface area contributed by atoms with Crippen LogP contribution in [0.25, 0.3) is 0 Å². The first-order valence-electron chi connectivity index (χ1n) is 5.98. The van der Waals surface area contributed by atoms with Gasteiger partial charge in [0.1, 0.15) is 6.10 Å². The topological polar surface area (TPSA) is 51.5 Å². The van der Waals surface area contributed by atoms with Crippen LogP contribution in [-0.4, -0.2) is 24.6 Å². The second-order valence-corrected chi connectivity index (χ2v) is 4.72. The van der Waals surface area contributed by atoms with Crippen molar-refractivity contribution in [2.75, 3.05) is 6.61 Å². The standard InChI is InChI=1S/C14H17NO3/c1-14(2)17-12(8-15)13(18-14)10-16-9-11-6-4-3-5-7-11/h3-7,12-13H,9-10H2,1-2H3/t12-,13-/m0/s1. The van der Waals surface area contributed by atoms with Crippen LogP contribution < -0.4 is 0 Å². The van der Waals surface area contributed by atoms with Crippen LogP contribution in [0.1, 0.15) is 19.4 Å². The zero-order chi connectivity index (χ0) is 13.0. The van der Waals surface area contributed by atoms with E-state index in [1.807, 2.05) is 30.3 Å². The summed E-state index contributed by atoms with van der Waals surface area (Å²) in [5, 5.41) is 8.97. The van der Waals surface area contributed by atoms with Gasteiger partial charge in [-0.05, 0) is 19.4 Å². The van der Waals surface area contributed by atoms with E-state index >= 15 is 0 Å². The summed E-state index contributed by atoms with van der Waals surface area (Å²) >= 11 is 0. The summed E-state index contributed by atoms with van der Waals surface area (Å²) in [5.41, 5.74) is 1.10. The number of benzene rings is 1. The molecule has 0 aromatic heterocycles. The zero-order valence-electron chi connectivity index (χ0n) is 10.6. The van der Waals surface area contributed by atoms with Gasteiger partial charge in [-0.2, -0.15) is 5.26 Å². The predicted molar refractivity (Wildman–Crippen MR) is 65.5 cm³/mol. The van der Waals surface area contributed by atoms with Gasteiger partial charge in [0.2, 0.25) is 0 Å². The molecule has 0 spiro atoms. The van der Waals surface area contributed by atoms with E-state index in [0.717, 1.165) is 5.56 Å². The Morgan fingerprint density at radius 1 is 1.28 bits per heavy atom. The second-order valence-electron chi connectivity index (χ2n) is 4.72. The molecule has 4 heteroatoms. The van der Waals surface area contributed by atoms with Gasteiger partial charge >= 0.3 is 0 Å². The Morgan fingerprint density at radius 2 is 2.00 bits per heavy atom. The van der Waals surface area contributed by atoms with E-state index < -0.39 is 11.9 Å². The largest absolute Gasteiger partial charge is 0.374 e. The van der Waals surface area contributed by atoms with Crippen LogP contribution >= 0.6 is 0 Å². The van der Waals surface area contributed by atoms with Crippen molar-refractivity contribution in [3.05, 3.63) is 35.9 Å². The normalized spacial score (nSPS) is 25.8. The number of hydrogen-bond donors (Lipinski definition) is 0. The van der Waals surface area contributed by atoms with Crippen molar-refractivity contribution in [2.45, 2.75) is 38.4 Å². The highest BCUT2D eigenvalue weighted by Gasteiger charge is 2.41. The van der Waals surface area contributed by atoms with Crippen LogP contribution in [-0.2, 0) is 20.8 Å². The SMILES string of the molecule is CC1(C)O[C@@H](C#N)[C@H](COCc2ccccc2)O1. The molecule has 0 unspecified atom stereocenters. The molecule has 18 heavy (non-hydrogen) atoms. The fourth-order valence-electron chi connectivity index (χ4n) is 1.93. The third-order valence-electron chi connectivity index (χ3n) is 2.70. The lowest BCUT2D eigenvalue weighted by Crippen LogP contribution is -2.26. The highest BCUT2D eigenvalue weighted by molar-refractivity contribution is 5.13. The summed E-state index contributed by atoms with van der Waals surface area (Å²) in [7, 11) is 0. The molecule has 0 N–H and O–H groups in total. The molecule has 1 aliphatic heterocycles. The van der Waals surface area contributed by atoms with Gasteiger partial charge in [-0.15, -0.1) is 0 Å². The van der Waals surface area contributed by atoms with E-state index in [1.54, 1.807) is 13.8 Å². The fourth-order valence-corrected chi connectivity index (χ4v) is 1.93. The highest BCUT2D eigenvalue weighted by atomic mass is 16.8. The van der Waals surface area contributed by atoms with Crippen LogP contribution in [0, 0.1) is 11.3 Å². The summed E-state index contributed by atoms with van der Waals surface area (Å²) in [4.78, 5) is 0. The molecule has 0 amide bonds. The van der Waals surface area contributed by atoms with Gasteiger partial charge in [0, 0.05) is 0 Å². The molecule has 1 fully saturated rings. The van der Waals surface area contributed by atoms with Crippen LogP contribution in [0.5, 0.6) is 0 Å². The number of rotatable bonds is 4. The third kappa shape index (κ3) is 3.30. The Kier molecular flexibility index (Phi) is 3.97. The summed E-state index contributed by atoms with van der Waals surface area (Å²) in [6.07, 6.45) is -0.885. The molecule has 0 radical (unpaired) electrons. The average Bonchev–Trinajstić information content (AvgIpc) is 2.65. The molecule has 2 rings (SSSR count). The van der Waals surface area contributed by atoms with Crippen molar-refractivity contribution in [1.29, 1.82) is 5.26 Å². The summed E-state index contributed by atoms with van der Waals surface area (Å²) in [6.45, 7) is 4.47. The van der Waals surface area contributed by atoms with Crippen molar-refractivity contribution < 1.29 is 14.2 Å². The maximum absolute atomic E-state index is 8.97. The molecule has 1 aromatic rings. The number of nitrogens with zero attached hydrogens (tertiary/aromatic N) is 1. The summed E-state index contributed by atoms with van der Waals surface area (Å²) in [6, 6.07) is 12.0. The number of hydrogen-bond acceptors (Lipinski definition) is 4. The van der Waals surface area contributed by atoms with Crippen LogP contribution in [0.15, 0.2) is 30.3 Å². The average molecular weight is 247 g/mol. The minimum atomic E-state index is -0.707. The van der Waals surface area contributed by atoms with Crippen molar-refractivity contribution in [3.8, 4) is 6.07 Å². The Hall–Kier alpha value is -1.41. The summed E-state index contributed by atoms with van der Waals surface area (Å²) < 4.78 is 16.6. The lowest BCUT2D eigenvalue weighted by atomic mass is 10.2. The maximum atomic E-state index is 8.97. The third-order valence-corrected chi connectivity index (χ3v) is 2.70. The first-order chi connectivity index (χ1) is 8.61. The molecule has 96 valence electrons. The van der Waals surface area contributed by atoms with Crippen molar-refractivity contribution in [3.63, 3.8) is 0 Å². The molecule has 1 aromatic carbocycles. The van der Waals surface area contributed by atoms with E-state index in [0.29, 0.717) is 13.2 Å². The number of ether oxygens (including phenoxy) is 3.